The topological polar surface area (TPSA) is 17.1 Å². The Morgan fingerprint density at radius 3 is 2.57 bits per heavy atom. The van der Waals surface area contributed by atoms with Gasteiger partial charge in [0.15, 0.2) is 0 Å². The van der Waals surface area contributed by atoms with Crippen molar-refractivity contribution in [3.63, 3.8) is 0 Å². The SMILES string of the molecule is CCCCSP(=O)(Cl)c1ccccc1. The first kappa shape index (κ1) is 12.2. The highest BCUT2D eigenvalue weighted by Crippen LogP contribution is 2.62. The van der Waals surface area contributed by atoms with Gasteiger partial charge in [0.25, 0.3) is 0 Å². The Morgan fingerprint density at radius 1 is 1.36 bits per heavy atom. The molecule has 0 bridgehead atoms. The van der Waals surface area contributed by atoms with E-state index in [9.17, 15) is 4.57 Å². The summed E-state index contributed by atoms with van der Waals surface area (Å²) in [5.41, 5.74) is -2.69. The Kier molecular flexibility index (Phi) is 5.08. The van der Waals surface area contributed by atoms with Crippen LogP contribution in [0.1, 0.15) is 19.8 Å². The smallest absolute Gasteiger partial charge is 0.250 e. The number of halogens is 1. The second-order valence-corrected chi connectivity index (χ2v) is 9.49. The van der Waals surface area contributed by atoms with E-state index in [4.69, 9.17) is 11.2 Å². The molecule has 1 nitrogen and oxygen atoms in total. The molecule has 14 heavy (non-hydrogen) atoms. The molecule has 1 aromatic carbocycles. The molecule has 0 saturated heterocycles. The van der Waals surface area contributed by atoms with Crippen molar-refractivity contribution in [3.8, 4) is 0 Å². The van der Waals surface area contributed by atoms with E-state index in [2.05, 4.69) is 6.92 Å². The maximum atomic E-state index is 12.0. The molecule has 0 amide bonds. The van der Waals surface area contributed by atoms with Crippen LogP contribution in [0.2, 0.25) is 0 Å². The van der Waals surface area contributed by atoms with Gasteiger partial charge in [-0.15, -0.1) is 0 Å². The van der Waals surface area contributed by atoms with Gasteiger partial charge in [0.2, 0.25) is 5.70 Å². The largest absolute Gasteiger partial charge is 0.290 e. The zero-order valence-electron chi connectivity index (χ0n) is 8.15. The summed E-state index contributed by atoms with van der Waals surface area (Å²) in [5.74, 6) is 0.867. The van der Waals surface area contributed by atoms with Crippen LogP contribution < -0.4 is 5.30 Å². The Bertz CT molecular complexity index is 315. The van der Waals surface area contributed by atoms with E-state index in [0.717, 1.165) is 23.9 Å². The second kappa shape index (κ2) is 5.85. The molecule has 78 valence electrons. The molecule has 0 N–H and O–H groups in total. The average molecular weight is 249 g/mol. The zero-order chi connectivity index (χ0) is 10.4. The van der Waals surface area contributed by atoms with Crippen molar-refractivity contribution in [2.75, 3.05) is 5.75 Å². The average Bonchev–Trinajstić information content (AvgIpc) is 2.19. The van der Waals surface area contributed by atoms with Crippen LogP contribution in [-0.2, 0) is 4.57 Å². The fraction of sp³-hybridized carbons (Fsp3) is 0.400. The van der Waals surface area contributed by atoms with Gasteiger partial charge in [-0.1, -0.05) is 42.9 Å². The lowest BCUT2D eigenvalue weighted by atomic mass is 10.4. The molecule has 1 rings (SSSR count). The van der Waals surface area contributed by atoms with Gasteiger partial charge < -0.3 is 0 Å². The molecule has 1 atom stereocenters. The van der Waals surface area contributed by atoms with Crippen molar-refractivity contribution in [3.05, 3.63) is 30.3 Å². The Hall–Kier alpha value is 0.0900. The van der Waals surface area contributed by atoms with Gasteiger partial charge in [-0.3, -0.25) is 4.57 Å². The van der Waals surface area contributed by atoms with Crippen molar-refractivity contribution >= 4 is 33.6 Å². The molecule has 0 spiro atoms. The monoisotopic (exact) mass is 248 g/mol. The molecular formula is C10H14ClOPS. The third-order valence-electron chi connectivity index (χ3n) is 1.82. The van der Waals surface area contributed by atoms with Crippen LogP contribution in [0.15, 0.2) is 30.3 Å². The summed E-state index contributed by atoms with van der Waals surface area (Å²) in [5, 5.41) is 0.753. The van der Waals surface area contributed by atoms with Crippen LogP contribution in [0, 0.1) is 0 Å². The maximum Gasteiger partial charge on any atom is 0.250 e. The standard InChI is InChI=1S/C10H14ClOPS/c1-2-3-9-14-13(11,12)10-7-5-4-6-8-10/h4-8H,2-3,9H2,1H3. The van der Waals surface area contributed by atoms with Gasteiger partial charge in [0.1, 0.15) is 0 Å². The summed E-state index contributed by atoms with van der Waals surface area (Å²) in [6, 6.07) is 9.28. The van der Waals surface area contributed by atoms with Crippen molar-refractivity contribution in [2.45, 2.75) is 19.8 Å². The number of hydrogen-bond acceptors (Lipinski definition) is 2. The van der Waals surface area contributed by atoms with Crippen molar-refractivity contribution in [1.82, 2.24) is 0 Å². The normalized spacial score (nSPS) is 15.0. The first-order valence-electron chi connectivity index (χ1n) is 4.66. The minimum absolute atomic E-state index is 0.753. The highest BCUT2D eigenvalue weighted by atomic mass is 35.7. The molecule has 0 saturated carbocycles. The second-order valence-electron chi connectivity index (χ2n) is 3.00. The van der Waals surface area contributed by atoms with E-state index in [1.165, 1.54) is 11.4 Å². The third-order valence-corrected chi connectivity index (χ3v) is 7.18. The quantitative estimate of drug-likeness (QED) is 0.572. The molecule has 0 aliphatic rings. The van der Waals surface area contributed by atoms with Crippen LogP contribution >= 0.6 is 28.3 Å². The van der Waals surface area contributed by atoms with Crippen molar-refractivity contribution < 1.29 is 4.57 Å². The fourth-order valence-electron chi connectivity index (χ4n) is 1.01. The summed E-state index contributed by atoms with van der Waals surface area (Å²) < 4.78 is 12.0. The number of hydrogen-bond donors (Lipinski definition) is 0. The number of unbranched alkanes of at least 4 members (excludes halogenated alkanes) is 1. The van der Waals surface area contributed by atoms with Crippen LogP contribution in [0.25, 0.3) is 0 Å². The molecule has 0 radical (unpaired) electrons. The van der Waals surface area contributed by atoms with Gasteiger partial charge in [-0.25, -0.2) is 0 Å². The van der Waals surface area contributed by atoms with Crippen LogP contribution in [0.5, 0.6) is 0 Å². The predicted molar refractivity (Wildman–Crippen MR) is 66.9 cm³/mol. The lowest BCUT2D eigenvalue weighted by Crippen LogP contribution is -1.97. The summed E-state index contributed by atoms with van der Waals surface area (Å²) in [7, 11) is 0. The molecule has 0 aliphatic carbocycles. The molecule has 0 heterocycles. The van der Waals surface area contributed by atoms with E-state index in [1.807, 2.05) is 30.3 Å². The van der Waals surface area contributed by atoms with E-state index < -0.39 is 5.70 Å². The van der Waals surface area contributed by atoms with E-state index >= 15 is 0 Å². The van der Waals surface area contributed by atoms with E-state index in [-0.39, 0.29) is 0 Å². The number of rotatable bonds is 5. The van der Waals surface area contributed by atoms with Crippen molar-refractivity contribution in [2.24, 2.45) is 0 Å². The fourth-order valence-corrected chi connectivity index (χ4v) is 5.20. The molecular weight excluding hydrogens is 235 g/mol. The van der Waals surface area contributed by atoms with Gasteiger partial charge in [0.05, 0.1) is 0 Å². The first-order chi connectivity index (χ1) is 6.67. The summed E-state index contributed by atoms with van der Waals surface area (Å²) in [6.45, 7) is 2.11. The molecule has 0 aliphatic heterocycles. The van der Waals surface area contributed by atoms with Gasteiger partial charge >= 0.3 is 0 Å². The van der Waals surface area contributed by atoms with Gasteiger partial charge in [-0.2, -0.15) is 0 Å². The molecule has 4 heteroatoms. The Balaban J connectivity index is 2.62. The highest BCUT2D eigenvalue weighted by Gasteiger charge is 2.20. The predicted octanol–water partition coefficient (Wildman–Crippen LogP) is 4.28. The maximum absolute atomic E-state index is 12.0. The van der Waals surface area contributed by atoms with Crippen LogP contribution in [0.4, 0.5) is 0 Å². The van der Waals surface area contributed by atoms with Crippen molar-refractivity contribution in [1.29, 1.82) is 0 Å². The third kappa shape index (κ3) is 3.68. The minimum atomic E-state index is -2.69. The highest BCUT2D eigenvalue weighted by molar-refractivity contribution is 8.67. The summed E-state index contributed by atoms with van der Waals surface area (Å²) in [6.07, 6.45) is 2.17. The van der Waals surface area contributed by atoms with Gasteiger partial charge in [0, 0.05) is 11.1 Å². The number of benzene rings is 1. The lowest BCUT2D eigenvalue weighted by molar-refractivity contribution is 0.598. The summed E-state index contributed by atoms with van der Waals surface area (Å²) in [4.78, 5) is 0. The Morgan fingerprint density at radius 2 is 2.00 bits per heavy atom. The molecule has 1 aromatic rings. The molecule has 0 aromatic heterocycles. The van der Waals surface area contributed by atoms with Gasteiger partial charge in [-0.05, 0) is 29.8 Å². The van der Waals surface area contributed by atoms with Crippen LogP contribution in [-0.4, -0.2) is 5.75 Å². The van der Waals surface area contributed by atoms with E-state index in [0.29, 0.717) is 0 Å². The minimum Gasteiger partial charge on any atom is -0.290 e. The summed E-state index contributed by atoms with van der Waals surface area (Å²) >= 11 is 7.39. The Labute approximate surface area is 94.1 Å². The van der Waals surface area contributed by atoms with Crippen LogP contribution in [0.3, 0.4) is 0 Å². The first-order valence-corrected chi connectivity index (χ1v) is 8.87. The molecule has 1 unspecified atom stereocenters. The lowest BCUT2D eigenvalue weighted by Gasteiger charge is -2.09. The molecule has 0 fully saturated rings. The zero-order valence-corrected chi connectivity index (χ0v) is 10.6. The van der Waals surface area contributed by atoms with E-state index in [1.54, 1.807) is 0 Å².